The number of hydrogen-bond donors (Lipinski definition) is 0. The zero-order valence-corrected chi connectivity index (χ0v) is 11.3. The lowest BCUT2D eigenvalue weighted by atomic mass is 9.70. The van der Waals surface area contributed by atoms with Crippen LogP contribution in [-0.4, -0.2) is 28.8 Å². The first kappa shape index (κ1) is 12.2. The summed E-state index contributed by atoms with van der Waals surface area (Å²) in [7, 11) is 0. The Kier molecular flexibility index (Phi) is 3.14. The molecule has 2 heteroatoms. The van der Waals surface area contributed by atoms with E-state index < -0.39 is 0 Å². The van der Waals surface area contributed by atoms with E-state index in [0.29, 0.717) is 11.8 Å². The van der Waals surface area contributed by atoms with Gasteiger partial charge in [0.25, 0.3) is 0 Å². The normalized spacial score (nSPS) is 37.3. The van der Waals surface area contributed by atoms with Gasteiger partial charge in [0.2, 0.25) is 0 Å². The highest BCUT2D eigenvalue weighted by atomic mass is 16.1. The zero-order valence-electron chi connectivity index (χ0n) is 11.3. The van der Waals surface area contributed by atoms with Crippen molar-refractivity contribution in [2.45, 2.75) is 63.5 Å². The summed E-state index contributed by atoms with van der Waals surface area (Å²) < 4.78 is 0. The van der Waals surface area contributed by atoms with E-state index in [9.17, 15) is 4.79 Å². The predicted octanol–water partition coefficient (Wildman–Crippen LogP) is 3.24. The van der Waals surface area contributed by atoms with Gasteiger partial charge >= 0.3 is 0 Å². The summed E-state index contributed by atoms with van der Waals surface area (Å²) in [5, 5.41) is 0. The van der Waals surface area contributed by atoms with Gasteiger partial charge in [0.05, 0.1) is 0 Å². The number of nitrogens with zero attached hydrogens (tertiary/aromatic N) is 1. The van der Waals surface area contributed by atoms with Gasteiger partial charge in [-0.15, -0.1) is 0 Å². The summed E-state index contributed by atoms with van der Waals surface area (Å²) in [6.07, 6.45) is 14.3. The molecule has 98 valence electrons. The molecule has 0 aromatic heterocycles. The Bertz CT molecular complexity index is 409. The van der Waals surface area contributed by atoms with E-state index in [1.54, 1.807) is 0 Å². The Morgan fingerprint density at radius 3 is 2.78 bits per heavy atom. The minimum Gasteiger partial charge on any atom is -0.297 e. The van der Waals surface area contributed by atoms with Crippen LogP contribution in [0.3, 0.4) is 0 Å². The molecule has 1 heterocycles. The van der Waals surface area contributed by atoms with Crippen molar-refractivity contribution in [3.05, 3.63) is 23.8 Å². The highest BCUT2D eigenvalue weighted by molar-refractivity contribution is 5.93. The van der Waals surface area contributed by atoms with Crippen LogP contribution >= 0.6 is 0 Å². The summed E-state index contributed by atoms with van der Waals surface area (Å²) in [5.41, 5.74) is 1.04. The fourth-order valence-electron chi connectivity index (χ4n) is 3.79. The van der Waals surface area contributed by atoms with E-state index in [-0.39, 0.29) is 5.54 Å². The number of carbonyl (C=O) groups is 1. The van der Waals surface area contributed by atoms with E-state index in [2.05, 4.69) is 30.1 Å². The lowest BCUT2D eigenvalue weighted by molar-refractivity contribution is -0.137. The first-order valence-corrected chi connectivity index (χ1v) is 7.42. The minimum atomic E-state index is -0.257. The van der Waals surface area contributed by atoms with Gasteiger partial charge < -0.3 is 0 Å². The molecule has 2 atom stereocenters. The first-order valence-electron chi connectivity index (χ1n) is 7.42. The minimum absolute atomic E-state index is 0.257. The number of rotatable bonds is 2. The number of hydrogen-bond acceptors (Lipinski definition) is 2. The summed E-state index contributed by atoms with van der Waals surface area (Å²) >= 11 is 0. The van der Waals surface area contributed by atoms with Crippen molar-refractivity contribution in [1.29, 1.82) is 0 Å². The van der Waals surface area contributed by atoms with Gasteiger partial charge in [0.15, 0.2) is 5.78 Å². The lowest BCUT2D eigenvalue weighted by Gasteiger charge is -2.54. The van der Waals surface area contributed by atoms with E-state index >= 15 is 0 Å². The molecule has 3 aliphatic rings. The monoisotopic (exact) mass is 245 g/mol. The molecule has 2 nitrogen and oxygen atoms in total. The highest BCUT2D eigenvalue weighted by Gasteiger charge is 2.51. The van der Waals surface area contributed by atoms with Gasteiger partial charge in [-0.05, 0) is 44.6 Å². The SMILES string of the molecule is CC1CCN1C1(C2=CCCC=C2)CCCCC1=O. The zero-order chi connectivity index (χ0) is 12.6. The average molecular weight is 245 g/mol. The van der Waals surface area contributed by atoms with Crippen molar-refractivity contribution in [2.75, 3.05) is 6.54 Å². The molecular formula is C16H23NO. The molecule has 0 aromatic rings. The van der Waals surface area contributed by atoms with E-state index in [0.717, 1.165) is 38.6 Å². The number of allylic oxidation sites excluding steroid dienone is 2. The van der Waals surface area contributed by atoms with Crippen LogP contribution in [0.1, 0.15) is 51.9 Å². The molecule has 1 saturated heterocycles. The molecule has 0 N–H and O–H groups in total. The molecule has 18 heavy (non-hydrogen) atoms. The van der Waals surface area contributed by atoms with Gasteiger partial charge in [-0.3, -0.25) is 9.69 Å². The third-order valence-electron chi connectivity index (χ3n) is 4.94. The molecule has 0 amide bonds. The van der Waals surface area contributed by atoms with Gasteiger partial charge in [-0.25, -0.2) is 0 Å². The summed E-state index contributed by atoms with van der Waals surface area (Å²) in [5.74, 6) is 0.470. The van der Waals surface area contributed by atoms with Crippen LogP contribution in [0.5, 0.6) is 0 Å². The lowest BCUT2D eigenvalue weighted by Crippen LogP contribution is -2.65. The quantitative estimate of drug-likeness (QED) is 0.744. The van der Waals surface area contributed by atoms with Crippen molar-refractivity contribution >= 4 is 5.78 Å². The van der Waals surface area contributed by atoms with E-state index in [1.165, 1.54) is 18.4 Å². The van der Waals surface area contributed by atoms with Crippen molar-refractivity contribution in [1.82, 2.24) is 4.90 Å². The van der Waals surface area contributed by atoms with Crippen molar-refractivity contribution < 1.29 is 4.79 Å². The maximum atomic E-state index is 12.7. The van der Waals surface area contributed by atoms with Crippen molar-refractivity contribution in [3.63, 3.8) is 0 Å². The van der Waals surface area contributed by atoms with Gasteiger partial charge in [-0.1, -0.05) is 24.6 Å². The van der Waals surface area contributed by atoms with Crippen LogP contribution in [0.2, 0.25) is 0 Å². The van der Waals surface area contributed by atoms with Crippen molar-refractivity contribution in [2.24, 2.45) is 0 Å². The van der Waals surface area contributed by atoms with Gasteiger partial charge in [0.1, 0.15) is 5.54 Å². The Hall–Kier alpha value is -0.890. The topological polar surface area (TPSA) is 20.3 Å². The molecule has 0 bridgehead atoms. The van der Waals surface area contributed by atoms with Crippen molar-refractivity contribution in [3.8, 4) is 0 Å². The fourth-order valence-corrected chi connectivity index (χ4v) is 3.79. The Morgan fingerprint density at radius 2 is 2.22 bits per heavy atom. The molecule has 2 fully saturated rings. The van der Waals surface area contributed by atoms with E-state index in [4.69, 9.17) is 0 Å². The number of ketones is 1. The smallest absolute Gasteiger partial charge is 0.157 e. The summed E-state index contributed by atoms with van der Waals surface area (Å²) in [4.78, 5) is 15.1. The standard InChI is InChI=1S/C16H23NO/c1-13-10-12-17(13)16(11-6-5-9-15(16)18)14-7-3-2-4-8-14/h3,7-8,13H,2,4-6,9-12H2,1H3. The first-order chi connectivity index (χ1) is 8.75. The third-order valence-corrected chi connectivity index (χ3v) is 4.94. The Labute approximate surface area is 110 Å². The number of carbonyl (C=O) groups excluding carboxylic acids is 1. The summed E-state index contributed by atoms with van der Waals surface area (Å²) in [6, 6.07) is 0.572. The second kappa shape index (κ2) is 4.65. The number of likely N-dealkylation sites (tertiary alicyclic amines) is 1. The Morgan fingerprint density at radius 1 is 1.33 bits per heavy atom. The average Bonchev–Trinajstić information content (AvgIpc) is 2.40. The molecule has 0 aromatic carbocycles. The van der Waals surface area contributed by atoms with E-state index in [1.807, 2.05) is 0 Å². The van der Waals surface area contributed by atoms with Crippen LogP contribution in [0, 0.1) is 0 Å². The van der Waals surface area contributed by atoms with Crippen LogP contribution in [0.15, 0.2) is 23.8 Å². The third kappa shape index (κ3) is 1.70. The molecule has 0 radical (unpaired) electrons. The predicted molar refractivity (Wildman–Crippen MR) is 73.4 cm³/mol. The molecule has 1 saturated carbocycles. The second-order valence-electron chi connectivity index (χ2n) is 5.96. The molecule has 2 unspecified atom stereocenters. The Balaban J connectivity index is 1.99. The van der Waals surface area contributed by atoms with Gasteiger partial charge in [0, 0.05) is 19.0 Å². The molecular weight excluding hydrogens is 222 g/mol. The molecule has 1 aliphatic heterocycles. The highest BCUT2D eigenvalue weighted by Crippen LogP contribution is 2.43. The van der Waals surface area contributed by atoms with Crippen LogP contribution in [-0.2, 0) is 4.79 Å². The molecule has 0 spiro atoms. The second-order valence-corrected chi connectivity index (χ2v) is 5.96. The largest absolute Gasteiger partial charge is 0.297 e. The van der Waals surface area contributed by atoms with Crippen LogP contribution in [0.4, 0.5) is 0 Å². The number of Topliss-reactive ketones (excluding diaryl/α,β-unsaturated/α-hetero) is 1. The van der Waals surface area contributed by atoms with Gasteiger partial charge in [-0.2, -0.15) is 0 Å². The summed E-state index contributed by atoms with van der Waals surface area (Å²) in [6.45, 7) is 3.36. The van der Waals surface area contributed by atoms with Crippen LogP contribution < -0.4 is 0 Å². The molecule has 2 aliphatic carbocycles. The molecule has 3 rings (SSSR count). The van der Waals surface area contributed by atoms with Crippen LogP contribution in [0.25, 0.3) is 0 Å². The maximum Gasteiger partial charge on any atom is 0.157 e. The fraction of sp³-hybridized carbons (Fsp3) is 0.688. The maximum absolute atomic E-state index is 12.7.